The summed E-state index contributed by atoms with van der Waals surface area (Å²) in [4.78, 5) is 30.1. The fourth-order valence-corrected chi connectivity index (χ4v) is 4.72. The van der Waals surface area contributed by atoms with Crippen molar-refractivity contribution in [2.75, 3.05) is 44.2 Å². The number of hydrogen-bond acceptors (Lipinski definition) is 5. The number of rotatable bonds is 7. The zero-order chi connectivity index (χ0) is 24.1. The number of para-hydroxylation sites is 1. The van der Waals surface area contributed by atoms with Crippen LogP contribution in [-0.4, -0.2) is 56.2 Å². The molecule has 2 aromatic rings. The zero-order valence-corrected chi connectivity index (χ0v) is 20.4. The van der Waals surface area contributed by atoms with E-state index in [1.807, 2.05) is 48.5 Å². The molecule has 0 aliphatic carbocycles. The first-order valence-electron chi connectivity index (χ1n) is 11.8. The predicted molar refractivity (Wildman–Crippen MR) is 134 cm³/mol. The SMILES string of the molecule is CCOC(=O)C1=C(CN2CCN(c3ccccc3Cl)CC2)NC(=O)NC1c1ccc(CC)cc1. The Labute approximate surface area is 205 Å². The number of piperazine rings is 1. The Bertz CT molecular complexity index is 1060. The number of aryl methyl sites for hydroxylation is 1. The lowest BCUT2D eigenvalue weighted by Crippen LogP contribution is -2.51. The molecule has 34 heavy (non-hydrogen) atoms. The number of halogens is 1. The minimum atomic E-state index is -0.557. The van der Waals surface area contributed by atoms with E-state index in [0.717, 1.165) is 48.9 Å². The van der Waals surface area contributed by atoms with E-state index in [2.05, 4.69) is 27.4 Å². The van der Waals surface area contributed by atoms with E-state index in [1.54, 1.807) is 6.92 Å². The van der Waals surface area contributed by atoms with E-state index >= 15 is 0 Å². The summed E-state index contributed by atoms with van der Waals surface area (Å²) >= 11 is 6.37. The highest BCUT2D eigenvalue weighted by Crippen LogP contribution is 2.30. The first kappa shape index (κ1) is 24.1. The Hall–Kier alpha value is -3.03. The summed E-state index contributed by atoms with van der Waals surface area (Å²) < 4.78 is 5.39. The average Bonchev–Trinajstić information content (AvgIpc) is 2.85. The van der Waals surface area contributed by atoms with Crippen LogP contribution in [0.25, 0.3) is 0 Å². The normalized spacial score (nSPS) is 19.0. The summed E-state index contributed by atoms with van der Waals surface area (Å²) in [5, 5.41) is 6.53. The van der Waals surface area contributed by atoms with Crippen LogP contribution in [-0.2, 0) is 16.0 Å². The van der Waals surface area contributed by atoms with Crippen LogP contribution < -0.4 is 15.5 Å². The van der Waals surface area contributed by atoms with E-state index in [9.17, 15) is 9.59 Å². The van der Waals surface area contributed by atoms with E-state index in [1.165, 1.54) is 5.56 Å². The van der Waals surface area contributed by atoms with Gasteiger partial charge in [0.2, 0.25) is 0 Å². The maximum atomic E-state index is 13.0. The van der Waals surface area contributed by atoms with Gasteiger partial charge in [0.25, 0.3) is 0 Å². The van der Waals surface area contributed by atoms with Crippen molar-refractivity contribution in [3.05, 3.63) is 76.0 Å². The molecular formula is C26H31ClN4O3. The van der Waals surface area contributed by atoms with Gasteiger partial charge in [-0.2, -0.15) is 0 Å². The van der Waals surface area contributed by atoms with Gasteiger partial charge in [-0.05, 0) is 36.6 Å². The molecule has 2 aliphatic rings. The molecule has 7 nitrogen and oxygen atoms in total. The van der Waals surface area contributed by atoms with Crippen molar-refractivity contribution in [1.29, 1.82) is 0 Å². The summed E-state index contributed by atoms with van der Waals surface area (Å²) in [7, 11) is 0. The van der Waals surface area contributed by atoms with Crippen molar-refractivity contribution in [3.8, 4) is 0 Å². The number of nitrogens with one attached hydrogen (secondary N) is 2. The fraction of sp³-hybridized carbons (Fsp3) is 0.385. The topological polar surface area (TPSA) is 73.9 Å². The lowest BCUT2D eigenvalue weighted by molar-refractivity contribution is -0.139. The molecule has 0 saturated carbocycles. The summed E-state index contributed by atoms with van der Waals surface area (Å²) in [6.07, 6.45) is 0.921. The van der Waals surface area contributed by atoms with Gasteiger partial charge in [-0.3, -0.25) is 4.90 Å². The summed E-state index contributed by atoms with van der Waals surface area (Å²) in [5.74, 6) is -0.413. The molecule has 1 atom stereocenters. The molecule has 1 fully saturated rings. The van der Waals surface area contributed by atoms with Gasteiger partial charge in [0, 0.05) is 38.4 Å². The van der Waals surface area contributed by atoms with Gasteiger partial charge in [-0.15, -0.1) is 0 Å². The monoisotopic (exact) mass is 482 g/mol. The van der Waals surface area contributed by atoms with Crippen LogP contribution in [0.15, 0.2) is 59.8 Å². The smallest absolute Gasteiger partial charge is 0.338 e. The van der Waals surface area contributed by atoms with E-state index in [-0.39, 0.29) is 12.6 Å². The second-order valence-corrected chi connectivity index (χ2v) is 8.86. The molecule has 0 bridgehead atoms. The minimum absolute atomic E-state index is 0.265. The Morgan fingerprint density at radius 3 is 2.41 bits per heavy atom. The van der Waals surface area contributed by atoms with Crippen LogP contribution in [0.1, 0.15) is 31.0 Å². The number of anilines is 1. The van der Waals surface area contributed by atoms with Crippen molar-refractivity contribution < 1.29 is 14.3 Å². The Morgan fingerprint density at radius 2 is 1.76 bits per heavy atom. The molecule has 2 heterocycles. The summed E-state index contributed by atoms with van der Waals surface area (Å²) in [5.41, 5.74) is 4.14. The molecule has 2 aromatic carbocycles. The Morgan fingerprint density at radius 1 is 1.06 bits per heavy atom. The molecule has 0 aromatic heterocycles. The Kier molecular flexibility index (Phi) is 7.75. The molecule has 2 aliphatic heterocycles. The van der Waals surface area contributed by atoms with Gasteiger partial charge in [-0.1, -0.05) is 54.9 Å². The molecule has 0 spiro atoms. The van der Waals surface area contributed by atoms with Crippen molar-refractivity contribution in [2.24, 2.45) is 0 Å². The van der Waals surface area contributed by atoms with Gasteiger partial charge in [0.05, 0.1) is 28.9 Å². The van der Waals surface area contributed by atoms with Crippen LogP contribution in [0.4, 0.5) is 10.5 Å². The highest BCUT2D eigenvalue weighted by Gasteiger charge is 2.34. The number of benzene rings is 2. The van der Waals surface area contributed by atoms with Gasteiger partial charge >= 0.3 is 12.0 Å². The summed E-state index contributed by atoms with van der Waals surface area (Å²) in [6, 6.07) is 15.0. The number of carbonyl (C=O) groups is 2. The summed E-state index contributed by atoms with van der Waals surface area (Å²) in [6.45, 7) is 7.78. The van der Waals surface area contributed by atoms with Gasteiger partial charge < -0.3 is 20.3 Å². The molecule has 0 radical (unpaired) electrons. The fourth-order valence-electron chi connectivity index (χ4n) is 4.47. The van der Waals surface area contributed by atoms with Crippen molar-refractivity contribution in [2.45, 2.75) is 26.3 Å². The van der Waals surface area contributed by atoms with Crippen LogP contribution in [0.3, 0.4) is 0 Å². The lowest BCUT2D eigenvalue weighted by Gasteiger charge is -2.38. The van der Waals surface area contributed by atoms with Crippen molar-refractivity contribution in [3.63, 3.8) is 0 Å². The maximum absolute atomic E-state index is 13.0. The molecule has 4 rings (SSSR count). The van der Waals surface area contributed by atoms with Crippen molar-refractivity contribution >= 4 is 29.3 Å². The quantitative estimate of drug-likeness (QED) is 0.585. The molecule has 1 saturated heterocycles. The largest absolute Gasteiger partial charge is 0.463 e. The third-order valence-electron chi connectivity index (χ3n) is 6.32. The number of ether oxygens (including phenoxy) is 1. The van der Waals surface area contributed by atoms with Crippen LogP contribution in [0, 0.1) is 0 Å². The second-order valence-electron chi connectivity index (χ2n) is 8.45. The number of hydrogen-bond donors (Lipinski definition) is 2. The van der Waals surface area contributed by atoms with E-state index < -0.39 is 12.0 Å². The number of amides is 2. The number of nitrogens with zero attached hydrogens (tertiary/aromatic N) is 2. The third kappa shape index (κ3) is 5.37. The van der Waals surface area contributed by atoms with E-state index in [4.69, 9.17) is 16.3 Å². The van der Waals surface area contributed by atoms with Gasteiger partial charge in [0.15, 0.2) is 0 Å². The lowest BCUT2D eigenvalue weighted by atomic mass is 9.94. The number of urea groups is 1. The highest BCUT2D eigenvalue weighted by molar-refractivity contribution is 6.33. The Balaban J connectivity index is 1.56. The first-order chi connectivity index (χ1) is 16.5. The van der Waals surface area contributed by atoms with Crippen LogP contribution in [0.5, 0.6) is 0 Å². The molecule has 1 unspecified atom stereocenters. The van der Waals surface area contributed by atoms with Crippen LogP contribution in [0.2, 0.25) is 5.02 Å². The number of carbonyl (C=O) groups excluding carboxylic acids is 2. The molecule has 180 valence electrons. The second kappa shape index (κ2) is 10.9. The molecule has 2 amide bonds. The molecular weight excluding hydrogens is 452 g/mol. The average molecular weight is 483 g/mol. The van der Waals surface area contributed by atoms with Gasteiger partial charge in [0.1, 0.15) is 0 Å². The van der Waals surface area contributed by atoms with Gasteiger partial charge in [-0.25, -0.2) is 9.59 Å². The predicted octanol–water partition coefficient (Wildman–Crippen LogP) is 3.90. The standard InChI is InChI=1S/C26H31ClN4O3/c1-3-18-9-11-19(12-10-18)24-23(25(32)34-4-2)21(28-26(33)29-24)17-30-13-15-31(16-14-30)22-8-6-5-7-20(22)27/h5-12,24H,3-4,13-17H2,1-2H3,(H2,28,29,33). The highest BCUT2D eigenvalue weighted by atomic mass is 35.5. The number of esters is 1. The maximum Gasteiger partial charge on any atom is 0.338 e. The van der Waals surface area contributed by atoms with Crippen molar-refractivity contribution in [1.82, 2.24) is 15.5 Å². The minimum Gasteiger partial charge on any atom is -0.463 e. The first-order valence-corrected chi connectivity index (χ1v) is 12.2. The molecule has 2 N–H and O–H groups in total. The zero-order valence-electron chi connectivity index (χ0n) is 19.6. The van der Waals surface area contributed by atoms with E-state index in [0.29, 0.717) is 17.8 Å². The third-order valence-corrected chi connectivity index (χ3v) is 6.64. The molecule has 8 heteroatoms. The van der Waals surface area contributed by atoms with Crippen LogP contribution >= 0.6 is 11.6 Å².